The van der Waals surface area contributed by atoms with Gasteiger partial charge < -0.3 is 9.84 Å². The number of halogens is 3. The summed E-state index contributed by atoms with van der Waals surface area (Å²) in [5.74, 6) is -1.88. The van der Waals surface area contributed by atoms with Gasteiger partial charge in [0.15, 0.2) is 0 Å². The van der Waals surface area contributed by atoms with Crippen molar-refractivity contribution >= 4 is 5.97 Å². The summed E-state index contributed by atoms with van der Waals surface area (Å²) in [6, 6.07) is 1.48. The molecule has 0 aliphatic rings. The topological polar surface area (TPSA) is 59.4 Å². The van der Waals surface area contributed by atoms with Crippen LogP contribution in [0, 0.1) is 5.41 Å². The standard InChI is InChI=1S/C13H16F3NO3/c1-12(2,3)6-7-20-10-8(11(18)19)4-5-9(17-10)13(14,15)16/h4-5H,6-7H2,1-3H3,(H,18,19). The first-order valence-electron chi connectivity index (χ1n) is 5.95. The van der Waals surface area contributed by atoms with Gasteiger partial charge in [0.2, 0.25) is 5.88 Å². The SMILES string of the molecule is CC(C)(C)CCOc1nc(C(F)(F)F)ccc1C(=O)O. The van der Waals surface area contributed by atoms with Gasteiger partial charge in [-0.15, -0.1) is 0 Å². The van der Waals surface area contributed by atoms with Crippen LogP contribution in [0.2, 0.25) is 0 Å². The van der Waals surface area contributed by atoms with Crippen LogP contribution in [0.4, 0.5) is 13.2 Å². The van der Waals surface area contributed by atoms with Crippen LogP contribution in [0.1, 0.15) is 43.2 Å². The van der Waals surface area contributed by atoms with Crippen molar-refractivity contribution in [2.24, 2.45) is 5.41 Å². The molecular weight excluding hydrogens is 275 g/mol. The Morgan fingerprint density at radius 3 is 2.35 bits per heavy atom. The van der Waals surface area contributed by atoms with Crippen molar-refractivity contribution in [3.63, 3.8) is 0 Å². The van der Waals surface area contributed by atoms with Gasteiger partial charge in [0, 0.05) is 0 Å². The van der Waals surface area contributed by atoms with Gasteiger partial charge >= 0.3 is 12.1 Å². The Labute approximate surface area is 114 Å². The first-order chi connectivity index (χ1) is 9.00. The molecule has 0 fully saturated rings. The smallest absolute Gasteiger partial charge is 0.433 e. The van der Waals surface area contributed by atoms with Crippen LogP contribution < -0.4 is 4.74 Å². The summed E-state index contributed by atoms with van der Waals surface area (Å²) in [4.78, 5) is 14.2. The number of carboxylic acids is 1. The van der Waals surface area contributed by atoms with E-state index in [1.54, 1.807) is 0 Å². The quantitative estimate of drug-likeness (QED) is 0.920. The van der Waals surface area contributed by atoms with Crippen molar-refractivity contribution in [1.82, 2.24) is 4.98 Å². The third-order valence-corrected chi connectivity index (χ3v) is 2.47. The molecule has 0 bridgehead atoms. The summed E-state index contributed by atoms with van der Waals surface area (Å²) < 4.78 is 42.8. The Bertz CT molecular complexity index is 493. The molecule has 1 aromatic rings. The zero-order valence-electron chi connectivity index (χ0n) is 11.4. The highest BCUT2D eigenvalue weighted by Gasteiger charge is 2.34. The number of pyridine rings is 1. The Hall–Kier alpha value is -1.79. The Morgan fingerprint density at radius 1 is 1.30 bits per heavy atom. The second-order valence-corrected chi connectivity index (χ2v) is 5.51. The van der Waals surface area contributed by atoms with Crippen LogP contribution >= 0.6 is 0 Å². The van der Waals surface area contributed by atoms with Gasteiger partial charge in [-0.25, -0.2) is 9.78 Å². The fourth-order valence-electron chi connectivity index (χ4n) is 1.33. The number of carboxylic acid groups (broad SMARTS) is 1. The Kier molecular flexibility index (Phi) is 4.62. The lowest BCUT2D eigenvalue weighted by atomic mass is 9.93. The van der Waals surface area contributed by atoms with E-state index in [-0.39, 0.29) is 17.6 Å². The number of aromatic carboxylic acids is 1. The Balaban J connectivity index is 2.98. The zero-order chi connectivity index (χ0) is 15.6. The number of hydrogen-bond acceptors (Lipinski definition) is 3. The summed E-state index contributed by atoms with van der Waals surface area (Å²) in [6.07, 6.45) is -4.08. The number of nitrogens with zero attached hydrogens (tertiary/aromatic N) is 1. The monoisotopic (exact) mass is 291 g/mol. The van der Waals surface area contributed by atoms with Crippen molar-refractivity contribution in [2.75, 3.05) is 6.61 Å². The zero-order valence-corrected chi connectivity index (χ0v) is 11.4. The van der Waals surface area contributed by atoms with Gasteiger partial charge in [0.25, 0.3) is 0 Å². The third-order valence-electron chi connectivity index (χ3n) is 2.47. The molecule has 0 aliphatic carbocycles. The van der Waals surface area contributed by atoms with E-state index in [2.05, 4.69) is 4.98 Å². The van der Waals surface area contributed by atoms with Crippen molar-refractivity contribution in [3.8, 4) is 5.88 Å². The normalized spacial score (nSPS) is 12.3. The highest BCUT2D eigenvalue weighted by molar-refractivity contribution is 5.90. The molecule has 20 heavy (non-hydrogen) atoms. The summed E-state index contributed by atoms with van der Waals surface area (Å²) >= 11 is 0. The molecule has 1 aromatic heterocycles. The predicted octanol–water partition coefficient (Wildman–Crippen LogP) is 3.61. The average Bonchev–Trinajstić information content (AvgIpc) is 2.25. The summed E-state index contributed by atoms with van der Waals surface area (Å²) in [5.41, 5.74) is -1.63. The predicted molar refractivity (Wildman–Crippen MR) is 65.8 cm³/mol. The van der Waals surface area contributed by atoms with E-state index >= 15 is 0 Å². The van der Waals surface area contributed by atoms with Crippen molar-refractivity contribution in [3.05, 3.63) is 23.4 Å². The summed E-state index contributed by atoms with van der Waals surface area (Å²) in [7, 11) is 0. The van der Waals surface area contributed by atoms with E-state index in [9.17, 15) is 18.0 Å². The van der Waals surface area contributed by atoms with Crippen molar-refractivity contribution in [2.45, 2.75) is 33.4 Å². The fraction of sp³-hybridized carbons (Fsp3) is 0.538. The molecule has 0 saturated heterocycles. The maximum absolute atomic E-state index is 12.5. The van der Waals surface area contributed by atoms with Gasteiger partial charge in [-0.1, -0.05) is 20.8 Å². The van der Waals surface area contributed by atoms with E-state index in [1.165, 1.54) is 0 Å². The molecule has 0 atom stereocenters. The molecule has 4 nitrogen and oxygen atoms in total. The second kappa shape index (κ2) is 5.68. The molecule has 0 aliphatic heterocycles. The second-order valence-electron chi connectivity index (χ2n) is 5.51. The van der Waals surface area contributed by atoms with E-state index < -0.39 is 23.7 Å². The molecule has 0 radical (unpaired) electrons. The first kappa shape index (κ1) is 16.3. The number of rotatable bonds is 4. The highest BCUT2D eigenvalue weighted by Crippen LogP contribution is 2.30. The third kappa shape index (κ3) is 4.71. The maximum atomic E-state index is 12.5. The molecule has 0 aromatic carbocycles. The molecule has 0 spiro atoms. The molecule has 0 amide bonds. The number of aromatic nitrogens is 1. The fourth-order valence-corrected chi connectivity index (χ4v) is 1.33. The van der Waals surface area contributed by atoms with Gasteiger partial charge in [0.1, 0.15) is 11.3 Å². The van der Waals surface area contributed by atoms with E-state index in [1.807, 2.05) is 20.8 Å². The molecular formula is C13H16F3NO3. The van der Waals surface area contributed by atoms with Crippen LogP contribution in [0.5, 0.6) is 5.88 Å². The molecule has 1 rings (SSSR count). The van der Waals surface area contributed by atoms with Crippen LogP contribution in [-0.2, 0) is 6.18 Å². The van der Waals surface area contributed by atoms with Gasteiger partial charge in [0.05, 0.1) is 6.61 Å². The minimum absolute atomic E-state index is 0.0783. The summed E-state index contributed by atoms with van der Waals surface area (Å²) in [6.45, 7) is 5.91. The number of alkyl halides is 3. The number of carbonyl (C=O) groups is 1. The van der Waals surface area contributed by atoms with Gasteiger partial charge in [-0.05, 0) is 24.0 Å². The van der Waals surface area contributed by atoms with Crippen molar-refractivity contribution in [1.29, 1.82) is 0 Å². The maximum Gasteiger partial charge on any atom is 0.433 e. The molecule has 1 heterocycles. The Morgan fingerprint density at radius 2 is 1.90 bits per heavy atom. The van der Waals surface area contributed by atoms with Gasteiger partial charge in [-0.2, -0.15) is 13.2 Å². The molecule has 0 unspecified atom stereocenters. The van der Waals surface area contributed by atoms with Crippen molar-refractivity contribution < 1.29 is 27.8 Å². The van der Waals surface area contributed by atoms with E-state index in [4.69, 9.17) is 9.84 Å². The summed E-state index contributed by atoms with van der Waals surface area (Å²) in [5, 5.41) is 8.92. The van der Waals surface area contributed by atoms with Crippen LogP contribution in [0.15, 0.2) is 12.1 Å². The number of ether oxygens (including phenoxy) is 1. The highest BCUT2D eigenvalue weighted by atomic mass is 19.4. The number of hydrogen-bond donors (Lipinski definition) is 1. The van der Waals surface area contributed by atoms with Crippen LogP contribution in [-0.4, -0.2) is 22.7 Å². The minimum atomic E-state index is -4.64. The van der Waals surface area contributed by atoms with Crippen LogP contribution in [0.25, 0.3) is 0 Å². The van der Waals surface area contributed by atoms with Gasteiger partial charge in [-0.3, -0.25) is 0 Å². The minimum Gasteiger partial charge on any atom is -0.477 e. The van der Waals surface area contributed by atoms with E-state index in [0.29, 0.717) is 12.5 Å². The first-order valence-corrected chi connectivity index (χ1v) is 5.95. The van der Waals surface area contributed by atoms with Crippen LogP contribution in [0.3, 0.4) is 0 Å². The lowest BCUT2D eigenvalue weighted by Gasteiger charge is -2.18. The largest absolute Gasteiger partial charge is 0.477 e. The molecule has 112 valence electrons. The molecule has 1 N–H and O–H groups in total. The lowest BCUT2D eigenvalue weighted by Crippen LogP contribution is -2.15. The molecule has 7 heteroatoms. The van der Waals surface area contributed by atoms with E-state index in [0.717, 1.165) is 6.07 Å². The average molecular weight is 291 g/mol. The molecule has 0 saturated carbocycles. The lowest BCUT2D eigenvalue weighted by molar-refractivity contribution is -0.141.